The molecule has 1 unspecified atom stereocenters. The van der Waals surface area contributed by atoms with Crippen LogP contribution in [0.5, 0.6) is 0 Å². The number of likely N-dealkylation sites (tertiary alicyclic amines) is 1. The second kappa shape index (κ2) is 8.64. The number of hydrogen-bond acceptors (Lipinski definition) is 5. The van der Waals surface area contributed by atoms with Crippen molar-refractivity contribution in [3.05, 3.63) is 59.8 Å². The van der Waals surface area contributed by atoms with Gasteiger partial charge < -0.3 is 14.5 Å². The molecule has 0 N–H and O–H groups in total. The number of rotatable bonds is 6. The third kappa shape index (κ3) is 4.59. The van der Waals surface area contributed by atoms with E-state index in [4.69, 9.17) is 4.74 Å². The van der Waals surface area contributed by atoms with E-state index in [1.165, 1.54) is 11.1 Å². The minimum Gasteiger partial charge on any atom is -0.441 e. The van der Waals surface area contributed by atoms with Gasteiger partial charge in [-0.05, 0) is 23.1 Å². The van der Waals surface area contributed by atoms with Crippen molar-refractivity contribution < 1.29 is 9.53 Å². The topological polar surface area (TPSA) is 48.9 Å². The molecule has 0 saturated carbocycles. The number of amides is 1. The molecule has 30 heavy (non-hydrogen) atoms. The van der Waals surface area contributed by atoms with Gasteiger partial charge in [0.2, 0.25) is 0 Å². The molecule has 2 fully saturated rings. The summed E-state index contributed by atoms with van der Waals surface area (Å²) in [5, 5.41) is 0. The van der Waals surface area contributed by atoms with Gasteiger partial charge in [-0.3, -0.25) is 4.90 Å². The Morgan fingerprint density at radius 2 is 1.87 bits per heavy atom. The number of hydrogen-bond donors (Lipinski definition) is 0. The maximum Gasteiger partial charge on any atom is 0.410 e. The second-order valence-corrected chi connectivity index (χ2v) is 8.94. The molecule has 1 amide bonds. The van der Waals surface area contributed by atoms with Gasteiger partial charge in [0, 0.05) is 59.3 Å². The number of ether oxygens (including phenoxy) is 1. The van der Waals surface area contributed by atoms with E-state index in [2.05, 4.69) is 53.2 Å². The summed E-state index contributed by atoms with van der Waals surface area (Å²) in [7, 11) is 4.00. The van der Waals surface area contributed by atoms with Crippen molar-refractivity contribution in [3.63, 3.8) is 0 Å². The molecule has 3 heterocycles. The fourth-order valence-electron chi connectivity index (χ4n) is 4.46. The zero-order chi connectivity index (χ0) is 21.1. The molecular weight excluding hydrogens is 376 g/mol. The summed E-state index contributed by atoms with van der Waals surface area (Å²) < 4.78 is 5.92. The van der Waals surface area contributed by atoms with Gasteiger partial charge in [0.25, 0.3) is 0 Å². The summed E-state index contributed by atoms with van der Waals surface area (Å²) in [5.41, 5.74) is 2.16. The van der Waals surface area contributed by atoms with Gasteiger partial charge in [0.15, 0.2) is 0 Å². The lowest BCUT2D eigenvalue weighted by atomic mass is 9.90. The lowest BCUT2D eigenvalue weighted by molar-refractivity contribution is -0.00126. The second-order valence-electron chi connectivity index (χ2n) is 8.94. The number of nitrogens with zero attached hydrogens (tertiary/aromatic N) is 4. The van der Waals surface area contributed by atoms with E-state index >= 15 is 0 Å². The van der Waals surface area contributed by atoms with Crippen LogP contribution in [0.25, 0.3) is 0 Å². The first kappa shape index (κ1) is 20.7. The summed E-state index contributed by atoms with van der Waals surface area (Å²) in [6.07, 6.45) is 3.58. The number of benzene rings is 1. The van der Waals surface area contributed by atoms with E-state index in [1.54, 1.807) is 0 Å². The van der Waals surface area contributed by atoms with Crippen molar-refractivity contribution >= 4 is 11.9 Å². The Hall–Kier alpha value is -2.60. The molecule has 6 heteroatoms. The van der Waals surface area contributed by atoms with Gasteiger partial charge in [-0.2, -0.15) is 0 Å². The molecule has 2 aliphatic heterocycles. The largest absolute Gasteiger partial charge is 0.441 e. The van der Waals surface area contributed by atoms with E-state index < -0.39 is 0 Å². The fraction of sp³-hybridized carbons (Fsp3) is 0.500. The first-order valence-corrected chi connectivity index (χ1v) is 10.8. The highest BCUT2D eigenvalue weighted by molar-refractivity contribution is 5.71. The van der Waals surface area contributed by atoms with Gasteiger partial charge >= 0.3 is 6.09 Å². The van der Waals surface area contributed by atoms with Crippen LogP contribution in [0.3, 0.4) is 0 Å². The van der Waals surface area contributed by atoms with Crippen LogP contribution in [-0.2, 0) is 11.3 Å². The number of carbonyl (C=O) groups excluding carboxylic acids is 1. The summed E-state index contributed by atoms with van der Waals surface area (Å²) >= 11 is 0. The zero-order valence-electron chi connectivity index (χ0n) is 18.3. The van der Waals surface area contributed by atoms with Gasteiger partial charge in [-0.1, -0.05) is 43.3 Å². The van der Waals surface area contributed by atoms with E-state index in [9.17, 15) is 4.79 Å². The smallest absolute Gasteiger partial charge is 0.410 e. The van der Waals surface area contributed by atoms with Crippen LogP contribution in [0, 0.1) is 0 Å². The van der Waals surface area contributed by atoms with Crippen LogP contribution < -0.4 is 4.90 Å². The third-order valence-electron chi connectivity index (χ3n) is 6.34. The van der Waals surface area contributed by atoms with Gasteiger partial charge in [-0.15, -0.1) is 0 Å². The van der Waals surface area contributed by atoms with Crippen LogP contribution >= 0.6 is 0 Å². The summed E-state index contributed by atoms with van der Waals surface area (Å²) in [4.78, 5) is 23.4. The van der Waals surface area contributed by atoms with Gasteiger partial charge in [-0.25, -0.2) is 9.78 Å². The molecule has 1 spiro atoms. The van der Waals surface area contributed by atoms with E-state index in [0.717, 1.165) is 38.3 Å². The number of pyridine rings is 1. The number of piperidine rings is 1. The molecule has 0 bridgehead atoms. The highest BCUT2D eigenvalue weighted by atomic mass is 16.6. The average Bonchev–Trinajstić information content (AvgIpc) is 3.05. The van der Waals surface area contributed by atoms with Gasteiger partial charge in [0.1, 0.15) is 11.4 Å². The molecule has 4 rings (SSSR count). The molecule has 1 aromatic carbocycles. The highest BCUT2D eigenvalue weighted by Gasteiger charge is 2.47. The van der Waals surface area contributed by atoms with E-state index in [-0.39, 0.29) is 11.7 Å². The van der Waals surface area contributed by atoms with Crippen molar-refractivity contribution in [1.82, 2.24) is 14.8 Å². The predicted octanol–water partition coefficient (Wildman–Crippen LogP) is 3.74. The van der Waals surface area contributed by atoms with E-state index in [1.807, 2.05) is 36.2 Å². The van der Waals surface area contributed by atoms with Crippen molar-refractivity contribution in [2.75, 3.05) is 45.2 Å². The van der Waals surface area contributed by atoms with Crippen molar-refractivity contribution in [2.45, 2.75) is 37.8 Å². The Morgan fingerprint density at radius 1 is 1.13 bits per heavy atom. The monoisotopic (exact) mass is 408 g/mol. The van der Waals surface area contributed by atoms with Crippen molar-refractivity contribution in [3.8, 4) is 0 Å². The molecule has 0 radical (unpaired) electrons. The number of aromatic nitrogens is 1. The SMILES string of the molecule is CC(CN1CC2(CCN(Cc3ccc(N(C)C)nc3)CC2)OC1=O)c1ccccc1. The van der Waals surface area contributed by atoms with Crippen LogP contribution in [0.2, 0.25) is 0 Å². The summed E-state index contributed by atoms with van der Waals surface area (Å²) in [5.74, 6) is 1.27. The van der Waals surface area contributed by atoms with Crippen LogP contribution in [0.1, 0.15) is 36.8 Å². The number of carbonyl (C=O) groups is 1. The lowest BCUT2D eigenvalue weighted by Gasteiger charge is -2.37. The molecule has 2 aliphatic rings. The van der Waals surface area contributed by atoms with Gasteiger partial charge in [0.05, 0.1) is 6.54 Å². The van der Waals surface area contributed by atoms with E-state index in [0.29, 0.717) is 19.0 Å². The van der Waals surface area contributed by atoms with Crippen LogP contribution in [0.4, 0.5) is 10.6 Å². The van der Waals surface area contributed by atoms with Crippen LogP contribution in [0.15, 0.2) is 48.7 Å². The zero-order valence-corrected chi connectivity index (χ0v) is 18.3. The lowest BCUT2D eigenvalue weighted by Crippen LogP contribution is -2.46. The average molecular weight is 409 g/mol. The first-order chi connectivity index (χ1) is 14.4. The molecular formula is C24H32N4O2. The molecule has 2 saturated heterocycles. The number of anilines is 1. The fourth-order valence-corrected chi connectivity index (χ4v) is 4.46. The third-order valence-corrected chi connectivity index (χ3v) is 6.34. The Balaban J connectivity index is 1.30. The van der Waals surface area contributed by atoms with Crippen molar-refractivity contribution in [1.29, 1.82) is 0 Å². The maximum absolute atomic E-state index is 12.6. The quantitative estimate of drug-likeness (QED) is 0.729. The van der Waals surface area contributed by atoms with Crippen molar-refractivity contribution in [2.24, 2.45) is 0 Å². The molecule has 0 aliphatic carbocycles. The predicted molar refractivity (Wildman–Crippen MR) is 119 cm³/mol. The molecule has 1 atom stereocenters. The standard InChI is InChI=1S/C24H32N4O2/c1-19(21-7-5-4-6-8-21)16-28-18-24(30-23(28)29)11-13-27(14-12-24)17-20-9-10-22(25-15-20)26(2)3/h4-10,15,19H,11-14,16-18H2,1-3H3. The minimum atomic E-state index is -0.322. The Bertz CT molecular complexity index is 845. The maximum atomic E-state index is 12.6. The molecule has 160 valence electrons. The normalized spacial score (nSPS) is 19.7. The molecule has 6 nitrogen and oxygen atoms in total. The Kier molecular flexibility index (Phi) is 5.95. The first-order valence-electron chi connectivity index (χ1n) is 10.8. The summed E-state index contributed by atoms with van der Waals surface area (Å²) in [6, 6.07) is 14.6. The highest BCUT2D eigenvalue weighted by Crippen LogP contribution is 2.34. The minimum absolute atomic E-state index is 0.158. The Morgan fingerprint density at radius 3 is 2.50 bits per heavy atom. The summed E-state index contributed by atoms with van der Waals surface area (Å²) in [6.45, 7) is 6.34. The molecule has 1 aromatic heterocycles. The molecule has 2 aromatic rings. The Labute approximate surface area is 179 Å². The van der Waals surface area contributed by atoms with Crippen LogP contribution in [-0.4, -0.2) is 66.8 Å².